The van der Waals surface area contributed by atoms with Crippen molar-refractivity contribution in [2.45, 2.75) is 13.5 Å². The lowest BCUT2D eigenvalue weighted by Gasteiger charge is -2.04. The first-order valence-corrected chi connectivity index (χ1v) is 6.42. The summed E-state index contributed by atoms with van der Waals surface area (Å²) in [5.74, 6) is 0.489. The Morgan fingerprint density at radius 3 is 2.80 bits per heavy atom. The van der Waals surface area contributed by atoms with E-state index in [4.69, 9.17) is 4.42 Å². The van der Waals surface area contributed by atoms with Crippen molar-refractivity contribution in [3.8, 4) is 0 Å². The second kappa shape index (κ2) is 5.17. The van der Waals surface area contributed by atoms with E-state index >= 15 is 0 Å². The monoisotopic (exact) mass is 266 g/mol. The second-order valence-corrected chi connectivity index (χ2v) is 4.53. The summed E-state index contributed by atoms with van der Waals surface area (Å²) >= 11 is 0. The molecule has 0 fully saturated rings. The molecule has 2 heterocycles. The molecule has 100 valence electrons. The number of pyridine rings is 1. The summed E-state index contributed by atoms with van der Waals surface area (Å²) in [6.45, 7) is 2.20. The second-order valence-electron chi connectivity index (χ2n) is 4.53. The topological polar surface area (TPSA) is 55.1 Å². The van der Waals surface area contributed by atoms with E-state index in [2.05, 4.69) is 10.3 Å². The molecule has 20 heavy (non-hydrogen) atoms. The van der Waals surface area contributed by atoms with Crippen LogP contribution >= 0.6 is 0 Å². The molecule has 1 N–H and O–H groups in total. The predicted molar refractivity (Wildman–Crippen MR) is 76.4 cm³/mol. The largest absolute Gasteiger partial charge is 0.461 e. The van der Waals surface area contributed by atoms with Gasteiger partial charge < -0.3 is 9.73 Å². The Hall–Kier alpha value is -2.62. The van der Waals surface area contributed by atoms with Gasteiger partial charge in [0.2, 0.25) is 0 Å². The van der Waals surface area contributed by atoms with Gasteiger partial charge in [0.1, 0.15) is 11.3 Å². The normalized spacial score (nSPS) is 10.7. The number of nitrogens with zero attached hydrogens (tertiary/aromatic N) is 1. The summed E-state index contributed by atoms with van der Waals surface area (Å²) in [6.07, 6.45) is 1.71. The van der Waals surface area contributed by atoms with Gasteiger partial charge in [-0.2, -0.15) is 0 Å². The van der Waals surface area contributed by atoms with E-state index in [1.54, 1.807) is 13.1 Å². The van der Waals surface area contributed by atoms with Crippen LogP contribution in [0.15, 0.2) is 53.1 Å². The van der Waals surface area contributed by atoms with Crippen molar-refractivity contribution in [1.29, 1.82) is 0 Å². The third-order valence-corrected chi connectivity index (χ3v) is 3.15. The average molecular weight is 266 g/mol. The summed E-state index contributed by atoms with van der Waals surface area (Å²) < 4.78 is 5.60. The van der Waals surface area contributed by atoms with E-state index < -0.39 is 0 Å². The molecule has 0 bridgehead atoms. The Kier molecular flexibility index (Phi) is 3.21. The molecule has 3 rings (SSSR count). The minimum atomic E-state index is -0.141. The molecule has 0 aliphatic rings. The maximum Gasteiger partial charge on any atom is 0.255 e. The number of amides is 1. The molecule has 0 aliphatic heterocycles. The van der Waals surface area contributed by atoms with Crippen molar-refractivity contribution in [1.82, 2.24) is 10.3 Å². The van der Waals surface area contributed by atoms with Gasteiger partial charge in [-0.05, 0) is 25.1 Å². The third-order valence-electron chi connectivity index (χ3n) is 3.15. The fraction of sp³-hybridized carbons (Fsp3) is 0.125. The SMILES string of the molecule is Cc1oc2ccccc2c1C(=O)NCc1ccccn1. The van der Waals surface area contributed by atoms with E-state index in [0.29, 0.717) is 17.9 Å². The number of nitrogens with one attached hydrogen (secondary N) is 1. The van der Waals surface area contributed by atoms with Crippen molar-refractivity contribution in [3.63, 3.8) is 0 Å². The molecule has 4 heteroatoms. The molecule has 0 saturated heterocycles. The van der Waals surface area contributed by atoms with Crippen molar-refractivity contribution < 1.29 is 9.21 Å². The van der Waals surface area contributed by atoms with Gasteiger partial charge in [-0.15, -0.1) is 0 Å². The zero-order valence-electron chi connectivity index (χ0n) is 11.1. The Bertz CT molecular complexity index is 748. The molecule has 0 unspecified atom stereocenters. The highest BCUT2D eigenvalue weighted by Crippen LogP contribution is 2.24. The predicted octanol–water partition coefficient (Wildman–Crippen LogP) is 3.07. The number of carbonyl (C=O) groups is 1. The van der Waals surface area contributed by atoms with E-state index in [9.17, 15) is 4.79 Å². The smallest absolute Gasteiger partial charge is 0.255 e. The lowest BCUT2D eigenvalue weighted by atomic mass is 10.1. The Balaban J connectivity index is 1.84. The lowest BCUT2D eigenvalue weighted by Crippen LogP contribution is -2.23. The number of para-hydroxylation sites is 1. The van der Waals surface area contributed by atoms with Crippen LogP contribution < -0.4 is 5.32 Å². The van der Waals surface area contributed by atoms with E-state index in [1.165, 1.54) is 0 Å². The maximum atomic E-state index is 12.3. The van der Waals surface area contributed by atoms with Gasteiger partial charge in [0.05, 0.1) is 17.8 Å². The molecule has 3 aromatic rings. The van der Waals surface area contributed by atoms with Crippen LogP contribution in [0.25, 0.3) is 11.0 Å². The van der Waals surface area contributed by atoms with Gasteiger partial charge in [0.25, 0.3) is 5.91 Å². The number of aryl methyl sites for hydroxylation is 1. The Morgan fingerprint density at radius 2 is 2.00 bits per heavy atom. The highest BCUT2D eigenvalue weighted by molar-refractivity contribution is 6.07. The lowest BCUT2D eigenvalue weighted by molar-refractivity contribution is 0.0950. The summed E-state index contributed by atoms with van der Waals surface area (Å²) in [5.41, 5.74) is 2.15. The minimum absolute atomic E-state index is 0.141. The van der Waals surface area contributed by atoms with Crippen molar-refractivity contribution in [3.05, 3.63) is 65.7 Å². The first-order valence-electron chi connectivity index (χ1n) is 6.42. The summed E-state index contributed by atoms with van der Waals surface area (Å²) in [7, 11) is 0. The van der Waals surface area contributed by atoms with Crippen molar-refractivity contribution >= 4 is 16.9 Å². The number of carbonyl (C=O) groups excluding carboxylic acids is 1. The number of furan rings is 1. The number of fused-ring (bicyclic) bond motifs is 1. The van der Waals surface area contributed by atoms with Gasteiger partial charge in [-0.3, -0.25) is 9.78 Å². The van der Waals surface area contributed by atoms with Crippen LogP contribution in [0.1, 0.15) is 21.8 Å². The van der Waals surface area contributed by atoms with Gasteiger partial charge in [-0.1, -0.05) is 24.3 Å². The van der Waals surface area contributed by atoms with Gasteiger partial charge in [0, 0.05) is 11.6 Å². The number of hydrogen-bond donors (Lipinski definition) is 1. The van der Waals surface area contributed by atoms with Crippen molar-refractivity contribution in [2.24, 2.45) is 0 Å². The maximum absolute atomic E-state index is 12.3. The molecular formula is C16H14N2O2. The number of rotatable bonds is 3. The molecule has 2 aromatic heterocycles. The van der Waals surface area contributed by atoms with Crippen LogP contribution in [0, 0.1) is 6.92 Å². The van der Waals surface area contributed by atoms with Gasteiger partial charge >= 0.3 is 0 Å². The molecule has 1 amide bonds. The standard InChI is InChI=1S/C16H14N2O2/c1-11-15(13-7-2-3-8-14(13)20-11)16(19)18-10-12-6-4-5-9-17-12/h2-9H,10H2,1H3,(H,18,19). The van der Waals surface area contributed by atoms with Gasteiger partial charge in [0.15, 0.2) is 0 Å². The fourth-order valence-electron chi connectivity index (χ4n) is 2.21. The van der Waals surface area contributed by atoms with Crippen LogP contribution in [0.3, 0.4) is 0 Å². The zero-order chi connectivity index (χ0) is 13.9. The first kappa shape index (κ1) is 12.4. The highest BCUT2D eigenvalue weighted by Gasteiger charge is 2.17. The zero-order valence-corrected chi connectivity index (χ0v) is 11.1. The van der Waals surface area contributed by atoms with E-state index in [1.807, 2.05) is 42.5 Å². The summed E-state index contributed by atoms with van der Waals surface area (Å²) in [5, 5.41) is 3.71. The number of benzene rings is 1. The Morgan fingerprint density at radius 1 is 1.20 bits per heavy atom. The summed E-state index contributed by atoms with van der Waals surface area (Å²) in [4.78, 5) is 16.5. The molecule has 4 nitrogen and oxygen atoms in total. The quantitative estimate of drug-likeness (QED) is 0.792. The molecule has 0 radical (unpaired) electrons. The minimum Gasteiger partial charge on any atom is -0.461 e. The molecule has 0 atom stereocenters. The highest BCUT2D eigenvalue weighted by atomic mass is 16.3. The van der Waals surface area contributed by atoms with E-state index in [0.717, 1.165) is 16.7 Å². The number of aromatic nitrogens is 1. The molecule has 0 aliphatic carbocycles. The molecule has 0 spiro atoms. The molecule has 0 saturated carbocycles. The van der Waals surface area contributed by atoms with Crippen molar-refractivity contribution in [2.75, 3.05) is 0 Å². The van der Waals surface area contributed by atoms with Crippen LogP contribution in [-0.4, -0.2) is 10.9 Å². The van der Waals surface area contributed by atoms with Crippen LogP contribution in [0.2, 0.25) is 0 Å². The van der Waals surface area contributed by atoms with Crippen LogP contribution in [-0.2, 0) is 6.54 Å². The molecule has 1 aromatic carbocycles. The first-order chi connectivity index (χ1) is 9.75. The summed E-state index contributed by atoms with van der Waals surface area (Å²) in [6, 6.07) is 13.2. The average Bonchev–Trinajstić information content (AvgIpc) is 2.82. The Labute approximate surface area is 116 Å². The number of hydrogen-bond acceptors (Lipinski definition) is 3. The van der Waals surface area contributed by atoms with Crippen LogP contribution in [0.4, 0.5) is 0 Å². The fourth-order valence-corrected chi connectivity index (χ4v) is 2.21. The van der Waals surface area contributed by atoms with Gasteiger partial charge in [-0.25, -0.2) is 0 Å². The molecular weight excluding hydrogens is 252 g/mol. The van der Waals surface area contributed by atoms with Crippen LogP contribution in [0.5, 0.6) is 0 Å². The third kappa shape index (κ3) is 2.28. The van der Waals surface area contributed by atoms with E-state index in [-0.39, 0.29) is 5.91 Å².